The summed E-state index contributed by atoms with van der Waals surface area (Å²) in [5.74, 6) is 0.0558. The summed E-state index contributed by atoms with van der Waals surface area (Å²) >= 11 is 0. The van der Waals surface area contributed by atoms with E-state index in [-0.39, 0.29) is 0 Å². The van der Waals surface area contributed by atoms with E-state index in [1.54, 1.807) is 6.92 Å². The van der Waals surface area contributed by atoms with Crippen LogP contribution in [0.25, 0.3) is 11.2 Å². The number of nitrogens with zero attached hydrogens (tertiary/aromatic N) is 4. The van der Waals surface area contributed by atoms with Crippen molar-refractivity contribution in [3.05, 3.63) is 12.7 Å². The van der Waals surface area contributed by atoms with Gasteiger partial charge in [-0.05, 0) is 19.9 Å². The van der Waals surface area contributed by atoms with Crippen LogP contribution in [0.2, 0.25) is 0 Å². The highest BCUT2D eigenvalue weighted by Gasteiger charge is 2.47. The largest absolute Gasteiger partial charge is 0.387 e. The van der Waals surface area contributed by atoms with E-state index < -0.39 is 30.4 Å². The van der Waals surface area contributed by atoms with Crippen LogP contribution >= 0.6 is 0 Å². The van der Waals surface area contributed by atoms with Crippen molar-refractivity contribution in [1.82, 2.24) is 24.8 Å². The van der Waals surface area contributed by atoms with Gasteiger partial charge >= 0.3 is 0 Å². The summed E-state index contributed by atoms with van der Waals surface area (Å²) < 4.78 is 7.09. The van der Waals surface area contributed by atoms with E-state index in [2.05, 4.69) is 25.6 Å². The predicted molar refractivity (Wildman–Crippen MR) is 92.1 cm³/mol. The Morgan fingerprint density at radius 2 is 2.15 bits per heavy atom. The molecule has 6 N–H and O–H groups in total. The minimum Gasteiger partial charge on any atom is -0.387 e. The number of anilines is 1. The number of hydrogen-bond donors (Lipinski definition) is 5. The smallest absolute Gasteiger partial charge is 0.252 e. The first-order valence-electron chi connectivity index (χ1n) is 8.49. The number of rotatable bonds is 7. The normalized spacial score (nSPS) is 25.5. The number of aliphatic hydroxyl groups excluding tert-OH is 2. The molecule has 1 fully saturated rings. The minimum atomic E-state index is -1.35. The molecule has 1 aliphatic heterocycles. The van der Waals surface area contributed by atoms with Crippen LogP contribution in [-0.2, 0) is 9.53 Å². The number of amides is 1. The van der Waals surface area contributed by atoms with Crippen LogP contribution in [0.5, 0.6) is 0 Å². The van der Waals surface area contributed by atoms with Gasteiger partial charge in [0.1, 0.15) is 18.5 Å². The van der Waals surface area contributed by atoms with Gasteiger partial charge in [-0.1, -0.05) is 0 Å². The molecule has 11 nitrogen and oxygen atoms in total. The highest BCUT2D eigenvalue weighted by Crippen LogP contribution is 2.32. The fourth-order valence-electron chi connectivity index (χ4n) is 2.86. The lowest BCUT2D eigenvalue weighted by atomic mass is 10.1. The van der Waals surface area contributed by atoms with Gasteiger partial charge in [0, 0.05) is 13.1 Å². The molecule has 3 heterocycles. The monoisotopic (exact) mass is 365 g/mol. The summed E-state index contributed by atoms with van der Waals surface area (Å²) in [6.07, 6.45) is -1.24. The van der Waals surface area contributed by atoms with Crippen LogP contribution in [0.3, 0.4) is 0 Å². The minimum absolute atomic E-state index is 0.394. The number of aliphatic hydroxyl groups is 2. The predicted octanol–water partition coefficient (Wildman–Crippen LogP) is -1.66. The third-order valence-corrected chi connectivity index (χ3v) is 4.15. The standard InChI is InChI=1S/C15H23N7O4/c1-2-17-14(25)11-9(23)10(24)15(26-11)22-7-21-8-12(18-5-3-4-16)19-6-20-13(8)22/h6-7,9-11,15,23-24H,2-5,16H2,1H3,(H,17,25)(H,18,19,20)/t9-,10+,11-,15+/m0/s1. The highest BCUT2D eigenvalue weighted by molar-refractivity contribution is 5.83. The van der Waals surface area contributed by atoms with E-state index in [1.165, 1.54) is 17.2 Å². The Balaban J connectivity index is 1.86. The molecule has 142 valence electrons. The van der Waals surface area contributed by atoms with Crippen molar-refractivity contribution in [3.8, 4) is 0 Å². The van der Waals surface area contributed by atoms with Crippen LogP contribution in [0.4, 0.5) is 5.82 Å². The summed E-state index contributed by atoms with van der Waals surface area (Å²) in [5, 5.41) is 26.2. The van der Waals surface area contributed by atoms with Gasteiger partial charge in [-0.3, -0.25) is 9.36 Å². The summed E-state index contributed by atoms with van der Waals surface area (Å²) in [6, 6.07) is 0. The molecule has 3 rings (SSSR count). The Kier molecular flexibility index (Phi) is 5.61. The lowest BCUT2D eigenvalue weighted by molar-refractivity contribution is -0.137. The van der Waals surface area contributed by atoms with Gasteiger partial charge in [-0.2, -0.15) is 0 Å². The van der Waals surface area contributed by atoms with Crippen molar-refractivity contribution in [3.63, 3.8) is 0 Å². The number of imidazole rings is 1. The summed E-state index contributed by atoms with van der Waals surface area (Å²) in [7, 11) is 0. The van der Waals surface area contributed by atoms with Crippen LogP contribution in [-0.4, -0.2) is 73.6 Å². The first kappa shape index (κ1) is 18.5. The van der Waals surface area contributed by atoms with Gasteiger partial charge in [0.2, 0.25) is 0 Å². The molecule has 0 aromatic carbocycles. The Morgan fingerprint density at radius 1 is 1.35 bits per heavy atom. The van der Waals surface area contributed by atoms with E-state index in [4.69, 9.17) is 10.5 Å². The number of hydrogen-bond acceptors (Lipinski definition) is 9. The molecule has 1 saturated heterocycles. The van der Waals surface area contributed by atoms with Gasteiger partial charge < -0.3 is 31.3 Å². The van der Waals surface area contributed by atoms with Gasteiger partial charge in [0.25, 0.3) is 5.91 Å². The number of fused-ring (bicyclic) bond motifs is 1. The van der Waals surface area contributed by atoms with Gasteiger partial charge in [0.15, 0.2) is 29.3 Å². The molecule has 11 heteroatoms. The average molecular weight is 365 g/mol. The zero-order valence-electron chi connectivity index (χ0n) is 14.4. The SMILES string of the molecule is CCNC(=O)[C@H]1O[C@@H](n2cnc3c(NCCCN)ncnc32)[C@H](O)[C@@H]1O. The van der Waals surface area contributed by atoms with Crippen molar-refractivity contribution in [2.24, 2.45) is 5.73 Å². The molecule has 0 unspecified atom stereocenters. The molecular formula is C15H23N7O4. The number of likely N-dealkylation sites (N-methyl/N-ethyl adjacent to an activating group) is 1. The number of nitrogens with two attached hydrogens (primary N) is 1. The van der Waals surface area contributed by atoms with Crippen LogP contribution in [0.15, 0.2) is 12.7 Å². The molecule has 0 bridgehead atoms. The second kappa shape index (κ2) is 7.91. The maximum atomic E-state index is 12.0. The Hall–Kier alpha value is -2.34. The van der Waals surface area contributed by atoms with E-state index in [0.29, 0.717) is 36.6 Å². The molecule has 1 aliphatic rings. The third-order valence-electron chi connectivity index (χ3n) is 4.15. The Morgan fingerprint density at radius 3 is 2.88 bits per heavy atom. The number of aromatic nitrogens is 4. The molecular weight excluding hydrogens is 342 g/mol. The molecule has 0 saturated carbocycles. The van der Waals surface area contributed by atoms with Crippen molar-refractivity contribution in [1.29, 1.82) is 0 Å². The average Bonchev–Trinajstić information content (AvgIpc) is 3.18. The molecule has 2 aromatic rings. The summed E-state index contributed by atoms with van der Waals surface area (Å²) in [6.45, 7) is 3.34. The van der Waals surface area contributed by atoms with Crippen molar-refractivity contribution in [2.45, 2.75) is 37.9 Å². The fraction of sp³-hybridized carbons (Fsp3) is 0.600. The van der Waals surface area contributed by atoms with Gasteiger partial charge in [-0.25, -0.2) is 15.0 Å². The summed E-state index contributed by atoms with van der Waals surface area (Å²) in [5.41, 5.74) is 6.40. The van der Waals surface area contributed by atoms with Gasteiger partial charge in [0.05, 0.1) is 6.33 Å². The highest BCUT2D eigenvalue weighted by atomic mass is 16.6. The molecule has 0 radical (unpaired) electrons. The van der Waals surface area contributed by atoms with Crippen molar-refractivity contribution < 1.29 is 19.7 Å². The molecule has 26 heavy (non-hydrogen) atoms. The zero-order chi connectivity index (χ0) is 18.7. The molecule has 1 amide bonds. The molecule has 0 spiro atoms. The molecule has 0 aliphatic carbocycles. The zero-order valence-corrected chi connectivity index (χ0v) is 14.4. The second-order valence-corrected chi connectivity index (χ2v) is 5.94. The number of carbonyl (C=O) groups excluding carboxylic acids is 1. The van der Waals surface area contributed by atoms with Crippen LogP contribution in [0.1, 0.15) is 19.6 Å². The Bertz CT molecular complexity index is 768. The lowest BCUT2D eigenvalue weighted by Crippen LogP contribution is -2.42. The number of ether oxygens (including phenoxy) is 1. The summed E-state index contributed by atoms with van der Waals surface area (Å²) in [4.78, 5) is 24.6. The maximum absolute atomic E-state index is 12.0. The molecule has 4 atom stereocenters. The molecule has 2 aromatic heterocycles. The van der Waals surface area contributed by atoms with E-state index in [0.717, 1.165) is 6.42 Å². The van der Waals surface area contributed by atoms with Crippen molar-refractivity contribution >= 4 is 22.9 Å². The maximum Gasteiger partial charge on any atom is 0.252 e. The first-order valence-corrected chi connectivity index (χ1v) is 8.49. The second-order valence-electron chi connectivity index (χ2n) is 5.94. The lowest BCUT2D eigenvalue weighted by Gasteiger charge is -2.16. The Labute approximate surface area is 149 Å². The van der Waals surface area contributed by atoms with E-state index in [1.807, 2.05) is 0 Å². The number of carbonyl (C=O) groups is 1. The van der Waals surface area contributed by atoms with E-state index in [9.17, 15) is 15.0 Å². The number of nitrogens with one attached hydrogen (secondary N) is 2. The third kappa shape index (κ3) is 3.33. The quantitative estimate of drug-likeness (QED) is 0.362. The van der Waals surface area contributed by atoms with Gasteiger partial charge in [-0.15, -0.1) is 0 Å². The first-order chi connectivity index (χ1) is 12.6. The topological polar surface area (TPSA) is 160 Å². The van der Waals surface area contributed by atoms with Crippen molar-refractivity contribution in [2.75, 3.05) is 25.0 Å². The van der Waals surface area contributed by atoms with Crippen LogP contribution < -0.4 is 16.4 Å². The fourth-order valence-corrected chi connectivity index (χ4v) is 2.86. The van der Waals surface area contributed by atoms with Crippen LogP contribution in [0, 0.1) is 0 Å². The van der Waals surface area contributed by atoms with E-state index >= 15 is 0 Å².